The lowest BCUT2D eigenvalue weighted by Gasteiger charge is -2.26. The molecular weight excluding hydrogens is 606 g/mol. The molecule has 7 nitrogen and oxygen atoms in total. The van der Waals surface area contributed by atoms with Crippen LogP contribution in [0.1, 0.15) is 26.3 Å². The number of pyridine rings is 2. The van der Waals surface area contributed by atoms with Crippen molar-refractivity contribution in [2.24, 2.45) is 0 Å². The van der Waals surface area contributed by atoms with Crippen molar-refractivity contribution in [3.8, 4) is 17.6 Å². The zero-order chi connectivity index (χ0) is 28.5. The van der Waals surface area contributed by atoms with Gasteiger partial charge in [-0.2, -0.15) is 13.2 Å². The third-order valence-electron chi connectivity index (χ3n) is 4.91. The third kappa shape index (κ3) is 7.49. The highest BCUT2D eigenvalue weighted by Crippen LogP contribution is 2.41. The Morgan fingerprint density at radius 2 is 1.95 bits per heavy atom. The molecule has 0 bridgehead atoms. The highest BCUT2D eigenvalue weighted by Gasteiger charge is 2.32. The van der Waals surface area contributed by atoms with Gasteiger partial charge in [0.15, 0.2) is 11.6 Å². The average molecular weight is 632 g/mol. The number of thioether (sulfide) groups is 1. The van der Waals surface area contributed by atoms with Crippen molar-refractivity contribution in [1.82, 2.24) is 9.38 Å². The van der Waals surface area contributed by atoms with E-state index in [9.17, 15) is 22.5 Å². The largest absolute Gasteiger partial charge is 0.493 e. The molecule has 13 heteroatoms. The van der Waals surface area contributed by atoms with Crippen LogP contribution in [0.25, 0.3) is 5.52 Å². The van der Waals surface area contributed by atoms with Crippen LogP contribution < -0.4 is 14.9 Å². The fourth-order valence-electron chi connectivity index (χ4n) is 3.27. The minimum atomic E-state index is -4.54. The molecule has 0 saturated heterocycles. The Balaban J connectivity index is 2.08. The fraction of sp³-hybridized carbons (Fsp3) is 0.360. The molecule has 3 heterocycles. The van der Waals surface area contributed by atoms with Crippen LogP contribution in [0.4, 0.5) is 23.8 Å². The average Bonchev–Trinajstić information content (AvgIpc) is 3.11. The van der Waals surface area contributed by atoms with Crippen molar-refractivity contribution in [3.05, 3.63) is 46.7 Å². The quantitative estimate of drug-likeness (QED) is 0.176. The number of carbonyl (C=O) groups is 1. The van der Waals surface area contributed by atoms with Gasteiger partial charge in [-0.15, -0.1) is 0 Å². The molecule has 0 saturated carbocycles. The van der Waals surface area contributed by atoms with Crippen LogP contribution in [0.2, 0.25) is 0 Å². The van der Waals surface area contributed by atoms with Crippen molar-refractivity contribution in [1.29, 1.82) is 0 Å². The first-order valence-electron chi connectivity index (χ1n) is 11.1. The second kappa shape index (κ2) is 11.2. The maximum absolute atomic E-state index is 13.3. The molecule has 38 heavy (non-hydrogen) atoms. The van der Waals surface area contributed by atoms with Gasteiger partial charge in [0.25, 0.3) is 0 Å². The number of nitrogens with zero attached hydrogens (tertiary/aromatic N) is 3. The van der Waals surface area contributed by atoms with E-state index in [1.807, 2.05) is 0 Å². The molecule has 0 spiro atoms. The van der Waals surface area contributed by atoms with Crippen LogP contribution in [-0.4, -0.2) is 53.6 Å². The van der Waals surface area contributed by atoms with Crippen molar-refractivity contribution in [3.63, 3.8) is 0 Å². The smallest absolute Gasteiger partial charge is 0.447 e. The third-order valence-corrected chi connectivity index (χ3v) is 7.91. The number of halogens is 4. The van der Waals surface area contributed by atoms with E-state index in [2.05, 4.69) is 32.8 Å². The van der Waals surface area contributed by atoms with Gasteiger partial charge in [0, 0.05) is 33.9 Å². The zero-order valence-electron chi connectivity index (χ0n) is 21.5. The van der Waals surface area contributed by atoms with E-state index in [4.69, 9.17) is 9.47 Å². The number of fused-ring (bicyclic) bond motifs is 1. The first-order valence-corrected chi connectivity index (χ1v) is 15.4. The minimum Gasteiger partial charge on any atom is -0.493 e. The molecule has 0 unspecified atom stereocenters. The highest BCUT2D eigenvalue weighted by molar-refractivity contribution is 9.10. The Hall–Kier alpha value is -2.61. The fourth-order valence-corrected chi connectivity index (χ4v) is 5.19. The summed E-state index contributed by atoms with van der Waals surface area (Å²) in [6.07, 6.45) is 2.12. The second-order valence-corrected chi connectivity index (χ2v) is 14.6. The molecule has 3 aromatic heterocycles. The summed E-state index contributed by atoms with van der Waals surface area (Å²) in [6.45, 7) is 7.97. The van der Waals surface area contributed by atoms with Gasteiger partial charge < -0.3 is 18.4 Å². The second-order valence-electron chi connectivity index (χ2n) is 9.46. The zero-order valence-corrected chi connectivity index (χ0v) is 24.8. The van der Waals surface area contributed by atoms with Gasteiger partial charge in [0.1, 0.15) is 17.8 Å². The molecule has 204 valence electrons. The summed E-state index contributed by atoms with van der Waals surface area (Å²) in [5.41, 5.74) is -4.74. The molecule has 0 N–H and O–H groups in total. The van der Waals surface area contributed by atoms with E-state index in [1.165, 1.54) is 36.0 Å². The van der Waals surface area contributed by atoms with E-state index >= 15 is 0 Å². The molecule has 1 amide bonds. The summed E-state index contributed by atoms with van der Waals surface area (Å²) in [5, 5.41) is 0.347. The molecule has 0 radical (unpaired) electrons. The van der Waals surface area contributed by atoms with Gasteiger partial charge in [0.05, 0.1) is 24.7 Å². The molecule has 0 aliphatic heterocycles. The Bertz CT molecular complexity index is 1470. The predicted molar refractivity (Wildman–Crippen MR) is 147 cm³/mol. The van der Waals surface area contributed by atoms with Crippen molar-refractivity contribution in [2.45, 2.75) is 36.9 Å². The molecule has 0 atom stereocenters. The normalized spacial score (nSPS) is 12.2. The summed E-state index contributed by atoms with van der Waals surface area (Å²) in [7, 11) is -1.29. The summed E-state index contributed by atoms with van der Waals surface area (Å²) in [6, 6.07) is 6.40. The Kier molecular flexibility index (Phi) is 8.86. The molecule has 3 rings (SSSR count). The molecule has 3 aromatic rings. The van der Waals surface area contributed by atoms with Gasteiger partial charge in [0.2, 0.25) is 0 Å². The number of rotatable bonds is 5. The summed E-state index contributed by atoms with van der Waals surface area (Å²) < 4.78 is 65.5. The number of hydrogen-bond acceptors (Lipinski definition) is 6. The van der Waals surface area contributed by atoms with Crippen LogP contribution in [0.15, 0.2) is 46.2 Å². The Labute approximate surface area is 231 Å². The lowest BCUT2D eigenvalue weighted by molar-refractivity contribution is -0.0330. The van der Waals surface area contributed by atoms with Crippen molar-refractivity contribution in [2.75, 3.05) is 31.9 Å². The summed E-state index contributed by atoms with van der Waals surface area (Å²) in [4.78, 5) is 18.5. The number of methoxy groups -OCH3 is 1. The molecule has 0 fully saturated rings. The van der Waals surface area contributed by atoms with Crippen molar-refractivity contribution < 1.29 is 32.0 Å². The van der Waals surface area contributed by atoms with E-state index < -0.39 is 24.3 Å². The number of alkyl halides is 3. The molecule has 0 aliphatic rings. The highest BCUT2D eigenvalue weighted by atomic mass is 79.9. The van der Waals surface area contributed by atoms with Crippen LogP contribution in [-0.2, 0) is 9.30 Å². The summed E-state index contributed by atoms with van der Waals surface area (Å²) in [5.74, 6) is 5.80. The lowest BCUT2D eigenvalue weighted by Crippen LogP contribution is -2.38. The molecule has 0 aliphatic carbocycles. The summed E-state index contributed by atoms with van der Waals surface area (Å²) >= 11 is 3.08. The SMILES string of the molecule is COc1cc(P(C)(C)=O)cnc1N(CC#Cc1cc2c(Br)cccn2c1SC(F)(F)F)C(=O)OC(C)(C)C. The Morgan fingerprint density at radius 1 is 1.26 bits per heavy atom. The van der Waals surface area contributed by atoms with Gasteiger partial charge in [-0.1, -0.05) is 11.8 Å². The van der Waals surface area contributed by atoms with E-state index in [0.717, 1.165) is 4.90 Å². The number of aromatic nitrogens is 2. The molecular formula is C25H26BrF3N3O4PS. The Morgan fingerprint density at radius 3 is 2.53 bits per heavy atom. The maximum atomic E-state index is 13.3. The van der Waals surface area contributed by atoms with Crippen LogP contribution in [0.3, 0.4) is 0 Å². The monoisotopic (exact) mass is 631 g/mol. The predicted octanol–water partition coefficient (Wildman–Crippen LogP) is 6.76. The van der Waals surface area contributed by atoms with E-state index in [-0.39, 0.29) is 40.5 Å². The topological polar surface area (TPSA) is 73.1 Å². The number of hydrogen-bond donors (Lipinski definition) is 0. The number of anilines is 1. The van der Waals surface area contributed by atoms with Crippen LogP contribution in [0.5, 0.6) is 5.75 Å². The first-order chi connectivity index (χ1) is 17.5. The number of carbonyl (C=O) groups excluding carboxylic acids is 1. The number of amides is 1. The van der Waals surface area contributed by atoms with Gasteiger partial charge in [-0.05, 0) is 74.3 Å². The van der Waals surface area contributed by atoms with Gasteiger partial charge >= 0.3 is 11.6 Å². The van der Waals surface area contributed by atoms with Crippen LogP contribution in [0, 0.1) is 11.8 Å². The van der Waals surface area contributed by atoms with Crippen molar-refractivity contribution >= 4 is 57.6 Å². The van der Waals surface area contributed by atoms with Crippen LogP contribution >= 0.6 is 34.8 Å². The molecule has 0 aromatic carbocycles. The minimum absolute atomic E-state index is 0.0722. The van der Waals surface area contributed by atoms with E-state index in [0.29, 0.717) is 15.3 Å². The first kappa shape index (κ1) is 29.9. The maximum Gasteiger partial charge on any atom is 0.447 e. The number of ether oxygens (including phenoxy) is 2. The van der Waals surface area contributed by atoms with E-state index in [1.54, 1.807) is 46.2 Å². The lowest BCUT2D eigenvalue weighted by atomic mass is 10.2. The van der Waals surface area contributed by atoms with Gasteiger partial charge in [-0.25, -0.2) is 14.7 Å². The van der Waals surface area contributed by atoms with Gasteiger partial charge in [-0.3, -0.25) is 0 Å². The standard InChI is InChI=1S/C25H26BrF3N3O4PS/c1-24(2,3)36-23(33)32(21-20(35-4)14-17(15-30-21)37(5,6)34)12-7-9-16-13-19-18(26)10-8-11-31(19)22(16)38-25(27,28)29/h8,10-11,13-15H,12H2,1-6H3.